The van der Waals surface area contributed by atoms with Crippen LogP contribution in [0.15, 0.2) is 33.7 Å². The first-order chi connectivity index (χ1) is 10.3. The van der Waals surface area contributed by atoms with Crippen LogP contribution in [0, 0.1) is 0 Å². The van der Waals surface area contributed by atoms with Gasteiger partial charge in [-0.15, -0.1) is 0 Å². The Morgan fingerprint density at radius 1 is 0.955 bits per heavy atom. The molecule has 0 aliphatic rings. The number of anilines is 2. The molecular formula is C8H16N2O8P2S2. The van der Waals surface area contributed by atoms with Gasteiger partial charge in [-0.1, -0.05) is 0 Å². The Bertz CT molecular complexity index is 460. The van der Waals surface area contributed by atoms with Gasteiger partial charge in [-0.25, -0.2) is 10.5 Å². The highest BCUT2D eigenvalue weighted by molar-refractivity contribution is 7.30. The van der Waals surface area contributed by atoms with Crippen LogP contribution in [-0.4, -0.2) is 10.5 Å². The van der Waals surface area contributed by atoms with Crippen LogP contribution in [0.2, 0.25) is 0 Å². The van der Waals surface area contributed by atoms with Gasteiger partial charge in [0.25, 0.3) is 0 Å². The van der Waals surface area contributed by atoms with Gasteiger partial charge >= 0.3 is 16.5 Å². The molecule has 14 heteroatoms. The molecule has 2 heterocycles. The molecule has 2 atom stereocenters. The maximum Gasteiger partial charge on any atom is 0.521 e. The Balaban J connectivity index is -0.000000109. The van der Waals surface area contributed by atoms with E-state index in [1.807, 2.05) is 33.7 Å². The van der Waals surface area contributed by atoms with E-state index in [-0.39, 0.29) is 2.85 Å². The summed E-state index contributed by atoms with van der Waals surface area (Å²) in [6.07, 6.45) is 0. The van der Waals surface area contributed by atoms with Crippen LogP contribution in [0.4, 0.5) is 11.4 Å². The second kappa shape index (κ2) is 16.3. The van der Waals surface area contributed by atoms with E-state index in [0.29, 0.717) is 0 Å². The highest BCUT2D eigenvalue weighted by Crippen LogP contribution is 2.05. The highest BCUT2D eigenvalue weighted by Gasteiger charge is 1.90. The summed E-state index contributed by atoms with van der Waals surface area (Å²) in [5.41, 5.74) is 12.3. The molecule has 6 N–H and O–H groups in total. The number of nitrogens with two attached hydrogens (primary N) is 2. The second-order valence-corrected chi connectivity index (χ2v) is 5.50. The topological polar surface area (TPSA) is 191 Å². The number of thiophene rings is 2. The van der Waals surface area contributed by atoms with Crippen molar-refractivity contribution in [2.45, 2.75) is 0 Å². The fourth-order valence-electron chi connectivity index (χ4n) is 0.550. The van der Waals surface area contributed by atoms with Gasteiger partial charge < -0.3 is 21.3 Å². The molecule has 2 unspecified atom stereocenters. The average Bonchev–Trinajstić information content (AvgIpc) is 3.14. The largest absolute Gasteiger partial charge is 0.565 e. The summed E-state index contributed by atoms with van der Waals surface area (Å²) in [7, 11) is -6.09. The summed E-state index contributed by atoms with van der Waals surface area (Å²) >= 11 is 3.23. The van der Waals surface area contributed by atoms with E-state index in [1.54, 1.807) is 22.7 Å². The molecule has 0 bridgehead atoms. The van der Waals surface area contributed by atoms with E-state index in [1.165, 1.54) is 0 Å². The Hall–Kier alpha value is -1.04. The third kappa shape index (κ3) is 21.3. The molecule has 0 amide bonds. The van der Waals surface area contributed by atoms with Crippen molar-refractivity contribution in [1.29, 1.82) is 0 Å². The van der Waals surface area contributed by atoms with Gasteiger partial charge in [-0.2, -0.15) is 22.7 Å². The molecule has 0 aromatic carbocycles. The monoisotopic (exact) mass is 394 g/mol. The third-order valence-electron chi connectivity index (χ3n) is 1.22. The normalized spacial score (nSPS) is 9.82. The Labute approximate surface area is 137 Å². The number of hydrogen-bond donors (Lipinski definition) is 4. The van der Waals surface area contributed by atoms with Gasteiger partial charge in [0, 0.05) is 34.3 Å². The van der Waals surface area contributed by atoms with Crippen LogP contribution >= 0.6 is 39.2 Å². The minimum Gasteiger partial charge on any atom is -0.565 e. The van der Waals surface area contributed by atoms with Crippen LogP contribution in [0.5, 0.6) is 0 Å². The highest BCUT2D eigenvalue weighted by atomic mass is 32.1. The molecule has 128 valence electrons. The zero-order valence-electron chi connectivity index (χ0n) is 10.7. The molecule has 0 aliphatic carbocycles. The van der Waals surface area contributed by atoms with E-state index in [2.05, 4.69) is 9.35 Å². The molecular weight excluding hydrogens is 378 g/mol. The van der Waals surface area contributed by atoms with E-state index < -0.39 is 16.5 Å². The van der Waals surface area contributed by atoms with Crippen molar-refractivity contribution in [3.05, 3.63) is 33.7 Å². The first kappa shape index (κ1) is 23.2. The van der Waals surface area contributed by atoms with E-state index in [4.69, 9.17) is 40.9 Å². The minimum absolute atomic E-state index is 0. The average molecular weight is 394 g/mol. The van der Waals surface area contributed by atoms with Gasteiger partial charge in [0.05, 0.1) is 0 Å². The van der Waals surface area contributed by atoms with Crippen molar-refractivity contribution in [3.8, 4) is 0 Å². The fraction of sp³-hybridized carbons (Fsp3) is 0. The summed E-state index contributed by atoms with van der Waals surface area (Å²) in [4.78, 5) is 17.9. The second-order valence-electron chi connectivity index (χ2n) is 2.72. The number of nitrogen functional groups attached to an aromatic ring is 2. The lowest BCUT2D eigenvalue weighted by atomic mass is 10.6. The maximum atomic E-state index is 8.93. The molecule has 0 fully saturated rings. The van der Waals surface area contributed by atoms with Crippen LogP contribution in [0.25, 0.3) is 0 Å². The molecule has 0 saturated heterocycles. The summed E-state index contributed by atoms with van der Waals surface area (Å²) < 4.78 is 23.3. The first-order valence-corrected chi connectivity index (χ1v) is 8.88. The van der Waals surface area contributed by atoms with Gasteiger partial charge in [0.2, 0.25) is 0 Å². The Kier molecular flexibility index (Phi) is 17.2. The number of hydrogen-bond acceptors (Lipinski definition) is 12. The van der Waals surface area contributed by atoms with Gasteiger partial charge in [-0.3, -0.25) is 0 Å². The summed E-state index contributed by atoms with van der Waals surface area (Å²) in [6.45, 7) is 0. The van der Waals surface area contributed by atoms with Crippen molar-refractivity contribution < 1.29 is 41.6 Å². The first-order valence-electron chi connectivity index (χ1n) is 4.80. The predicted octanol–water partition coefficient (Wildman–Crippen LogP) is 2.14. The zero-order valence-corrected chi connectivity index (χ0v) is 14.1. The minimum atomic E-state index is -3.04. The molecule has 2 aromatic rings. The Morgan fingerprint density at radius 2 is 1.23 bits per heavy atom. The summed E-state index contributed by atoms with van der Waals surface area (Å²) in [5.74, 6) is 0. The van der Waals surface area contributed by atoms with Gasteiger partial charge in [-0.05, 0) is 32.0 Å². The van der Waals surface area contributed by atoms with Gasteiger partial charge in [0.15, 0.2) is 0 Å². The molecule has 0 saturated carbocycles. The van der Waals surface area contributed by atoms with Crippen molar-refractivity contribution in [2.24, 2.45) is 0 Å². The Morgan fingerprint density at radius 3 is 1.27 bits per heavy atom. The summed E-state index contributed by atoms with van der Waals surface area (Å²) in [5, 5.41) is 21.8. The standard InChI is InChI=1S/2C4H5NS.2HO4P.2H2/c2*5-4-1-2-6-3-4;2*1-4-5(2)3;;/h2*1-3H,5H2;2*1H;2*1H. The smallest absolute Gasteiger partial charge is 0.521 e. The zero-order chi connectivity index (χ0) is 17.4. The molecule has 2 rings (SSSR count). The van der Waals surface area contributed by atoms with Gasteiger partial charge in [0.1, 0.15) is 0 Å². The fourth-order valence-corrected chi connectivity index (χ4v) is 1.65. The molecule has 22 heavy (non-hydrogen) atoms. The van der Waals surface area contributed by atoms with E-state index >= 15 is 0 Å². The van der Waals surface area contributed by atoms with Crippen LogP contribution < -0.4 is 21.3 Å². The van der Waals surface area contributed by atoms with Crippen molar-refractivity contribution >= 4 is 50.6 Å². The van der Waals surface area contributed by atoms with E-state index in [0.717, 1.165) is 11.4 Å². The lowest BCUT2D eigenvalue weighted by Gasteiger charge is -1.68. The molecule has 0 aliphatic heterocycles. The molecule has 10 nitrogen and oxygen atoms in total. The van der Waals surface area contributed by atoms with Crippen LogP contribution in [0.1, 0.15) is 2.85 Å². The van der Waals surface area contributed by atoms with Crippen LogP contribution in [-0.2, 0) is 18.5 Å². The molecule has 0 radical (unpaired) electrons. The lowest BCUT2D eigenvalue weighted by molar-refractivity contribution is -0.245. The van der Waals surface area contributed by atoms with Crippen molar-refractivity contribution in [3.63, 3.8) is 0 Å². The van der Waals surface area contributed by atoms with Crippen LogP contribution in [0.3, 0.4) is 0 Å². The maximum absolute atomic E-state index is 8.93. The number of rotatable bonds is 2. The van der Waals surface area contributed by atoms with E-state index in [9.17, 15) is 0 Å². The third-order valence-corrected chi connectivity index (χ3v) is 2.89. The van der Waals surface area contributed by atoms with Crippen molar-refractivity contribution in [1.82, 2.24) is 0 Å². The summed E-state index contributed by atoms with van der Waals surface area (Å²) in [6, 6.07) is 3.76. The lowest BCUT2D eigenvalue weighted by Crippen LogP contribution is -1.84. The SMILES string of the molecule is Nc1ccsc1.Nc1ccsc1.O=[P+]([O-])OO.O=[P+]([O-])OO.[HH].[HH]. The predicted molar refractivity (Wildman–Crippen MR) is 84.3 cm³/mol. The van der Waals surface area contributed by atoms with Crippen molar-refractivity contribution in [2.75, 3.05) is 11.5 Å². The quantitative estimate of drug-likeness (QED) is 0.333. The molecule has 0 spiro atoms. The molecule has 2 aromatic heterocycles.